The average Bonchev–Trinajstić information content (AvgIpc) is 2.36. The van der Waals surface area contributed by atoms with Crippen LogP contribution >= 0.6 is 0 Å². The zero-order valence-electron chi connectivity index (χ0n) is 11.5. The Bertz CT molecular complexity index is 106. The van der Waals surface area contributed by atoms with Crippen LogP contribution < -0.4 is 5.32 Å². The second-order valence-corrected chi connectivity index (χ2v) is 3.97. The van der Waals surface area contributed by atoms with E-state index in [0.29, 0.717) is 0 Å². The summed E-state index contributed by atoms with van der Waals surface area (Å²) < 4.78 is 6.28. The van der Waals surface area contributed by atoms with Crippen molar-refractivity contribution in [2.24, 2.45) is 0 Å². The molecule has 0 aromatic heterocycles. The van der Waals surface area contributed by atoms with Crippen molar-refractivity contribution in [1.29, 1.82) is 0 Å². The molecule has 0 radical (unpaired) electrons. The quantitative estimate of drug-likeness (QED) is 0.746. The molecule has 0 aromatic rings. The Morgan fingerprint density at radius 3 is 1.31 bits per heavy atom. The summed E-state index contributed by atoms with van der Waals surface area (Å²) in [5.41, 5.74) is 0. The first-order chi connectivity index (χ1) is 7.24. The summed E-state index contributed by atoms with van der Waals surface area (Å²) in [6.45, 7) is 18.1. The molecule has 0 spiro atoms. The lowest BCUT2D eigenvalue weighted by molar-refractivity contribution is -0.921. The second-order valence-electron chi connectivity index (χ2n) is 3.97. The molecule has 1 aliphatic rings. The largest absolute Gasteiger partial charge is 0.870 e. The number of morpholine rings is 1. The number of nitrogens with one attached hydrogen (secondary N) is 1. The second kappa shape index (κ2) is 11.3. The van der Waals surface area contributed by atoms with Crippen LogP contribution in [0.2, 0.25) is 0 Å². The maximum Gasteiger partial charge on any atom is 0.0757 e. The lowest BCUT2D eigenvalue weighted by Gasteiger charge is -2.34. The van der Waals surface area contributed by atoms with Crippen LogP contribution in [0, 0.1) is 0 Å². The first-order valence-corrected chi connectivity index (χ1v) is 6.38. The molecule has 0 saturated carbocycles. The maximum atomic E-state index is 5.01. The van der Waals surface area contributed by atoms with E-state index in [2.05, 4.69) is 33.0 Å². The average molecular weight is 234 g/mol. The van der Waals surface area contributed by atoms with E-state index in [1.807, 2.05) is 0 Å². The van der Waals surface area contributed by atoms with Crippen molar-refractivity contribution in [1.82, 2.24) is 5.32 Å². The molecule has 2 N–H and O–H groups in total. The van der Waals surface area contributed by atoms with Gasteiger partial charge in [-0.25, -0.2) is 0 Å². The van der Waals surface area contributed by atoms with Gasteiger partial charge in [0.05, 0.1) is 39.4 Å². The van der Waals surface area contributed by atoms with Crippen LogP contribution in [-0.2, 0) is 4.74 Å². The number of hydrogen-bond acceptors (Lipinski definition) is 3. The molecule has 1 fully saturated rings. The number of hydrogen-bond donors (Lipinski definition) is 1. The number of quaternary nitrogens is 1. The van der Waals surface area contributed by atoms with Gasteiger partial charge in [0, 0.05) is 13.1 Å². The van der Waals surface area contributed by atoms with Crippen molar-refractivity contribution < 1.29 is 14.7 Å². The van der Waals surface area contributed by atoms with Gasteiger partial charge in [-0.2, -0.15) is 0 Å². The van der Waals surface area contributed by atoms with Gasteiger partial charge in [-0.05, 0) is 27.7 Å². The molecule has 1 saturated heterocycles. The van der Waals surface area contributed by atoms with E-state index in [-0.39, 0.29) is 5.48 Å². The van der Waals surface area contributed by atoms with Crippen molar-refractivity contribution in [3.63, 3.8) is 0 Å². The molecule has 4 nitrogen and oxygen atoms in total. The molecular formula is C12H30N2O2. The minimum atomic E-state index is 0. The molecule has 0 aromatic carbocycles. The van der Waals surface area contributed by atoms with Gasteiger partial charge in [0.1, 0.15) is 0 Å². The Kier molecular flexibility index (Phi) is 12.9. The van der Waals surface area contributed by atoms with E-state index in [1.165, 1.54) is 30.7 Å². The summed E-state index contributed by atoms with van der Waals surface area (Å²) in [5.74, 6) is 0. The highest BCUT2D eigenvalue weighted by atomic mass is 16.5. The normalized spacial score (nSPS) is 15.8. The number of rotatable bonds is 4. The Morgan fingerprint density at radius 1 is 0.875 bits per heavy atom. The van der Waals surface area contributed by atoms with Gasteiger partial charge >= 0.3 is 0 Å². The van der Waals surface area contributed by atoms with Gasteiger partial charge in [-0.15, -0.1) is 0 Å². The van der Waals surface area contributed by atoms with E-state index in [0.717, 1.165) is 26.3 Å². The fourth-order valence-corrected chi connectivity index (χ4v) is 1.86. The highest BCUT2D eigenvalue weighted by Gasteiger charge is 2.16. The third-order valence-corrected chi connectivity index (χ3v) is 3.53. The van der Waals surface area contributed by atoms with Crippen LogP contribution in [0.15, 0.2) is 0 Å². The van der Waals surface area contributed by atoms with Crippen LogP contribution in [0.25, 0.3) is 0 Å². The first kappa shape index (κ1) is 18.2. The van der Waals surface area contributed by atoms with Crippen LogP contribution in [0.1, 0.15) is 27.7 Å². The highest BCUT2D eigenvalue weighted by molar-refractivity contribution is 4.49. The molecule has 0 bridgehead atoms. The molecule has 0 atom stereocenters. The van der Waals surface area contributed by atoms with Crippen LogP contribution in [0.4, 0.5) is 0 Å². The van der Waals surface area contributed by atoms with Crippen LogP contribution in [0.5, 0.6) is 0 Å². The maximum absolute atomic E-state index is 5.01. The molecule has 1 heterocycles. The van der Waals surface area contributed by atoms with Crippen LogP contribution in [0.3, 0.4) is 0 Å². The predicted octanol–water partition coefficient (Wildman–Crippen LogP) is 1.31. The molecule has 1 rings (SSSR count). The summed E-state index contributed by atoms with van der Waals surface area (Å²) in [6.07, 6.45) is 0. The highest BCUT2D eigenvalue weighted by Crippen LogP contribution is 2.03. The van der Waals surface area contributed by atoms with Gasteiger partial charge in [0.2, 0.25) is 0 Å². The lowest BCUT2D eigenvalue weighted by atomic mass is 10.3. The van der Waals surface area contributed by atoms with Gasteiger partial charge in [-0.3, -0.25) is 0 Å². The van der Waals surface area contributed by atoms with Crippen molar-refractivity contribution in [2.45, 2.75) is 27.7 Å². The summed E-state index contributed by atoms with van der Waals surface area (Å²) in [7, 11) is 0. The van der Waals surface area contributed by atoms with Crippen LogP contribution in [-0.4, -0.2) is 62.4 Å². The fraction of sp³-hybridized carbons (Fsp3) is 1.00. The SMILES string of the molecule is C1COCCN1.CC[N+](CC)(CC)CC.[OH-]. The molecule has 0 unspecified atom stereocenters. The smallest absolute Gasteiger partial charge is 0.0757 e. The van der Waals surface area contributed by atoms with E-state index < -0.39 is 0 Å². The molecule has 100 valence electrons. The Balaban J connectivity index is 0. The van der Waals surface area contributed by atoms with Gasteiger partial charge in [0.25, 0.3) is 0 Å². The molecule has 0 aliphatic carbocycles. The summed E-state index contributed by atoms with van der Waals surface area (Å²) in [4.78, 5) is 0. The zero-order chi connectivity index (χ0) is 11.6. The first-order valence-electron chi connectivity index (χ1n) is 6.38. The van der Waals surface area contributed by atoms with Crippen molar-refractivity contribution in [3.05, 3.63) is 0 Å². The van der Waals surface area contributed by atoms with E-state index in [4.69, 9.17) is 4.74 Å². The topological polar surface area (TPSA) is 51.3 Å². The standard InChI is InChI=1S/C8H20N.C4H9NO.H2O/c1-5-9(6-2,7-3)8-4;1-3-6-4-2-5-1;/h5-8H2,1-4H3;5H,1-4H2;1H2/q+1;;/p-1. The number of ether oxygens (including phenoxy) is 1. The monoisotopic (exact) mass is 234 g/mol. The molecule has 0 amide bonds. The minimum absolute atomic E-state index is 0. The van der Waals surface area contributed by atoms with Gasteiger partial charge < -0.3 is 20.0 Å². The Labute approximate surface area is 101 Å². The summed E-state index contributed by atoms with van der Waals surface area (Å²) in [6, 6.07) is 0. The minimum Gasteiger partial charge on any atom is -0.870 e. The summed E-state index contributed by atoms with van der Waals surface area (Å²) in [5, 5.41) is 3.16. The lowest BCUT2D eigenvalue weighted by Crippen LogP contribution is -2.47. The molecule has 4 heteroatoms. The van der Waals surface area contributed by atoms with E-state index in [1.54, 1.807) is 0 Å². The predicted molar refractivity (Wildman–Crippen MR) is 68.0 cm³/mol. The fourth-order valence-electron chi connectivity index (χ4n) is 1.86. The summed E-state index contributed by atoms with van der Waals surface area (Å²) >= 11 is 0. The van der Waals surface area contributed by atoms with E-state index in [9.17, 15) is 0 Å². The van der Waals surface area contributed by atoms with Gasteiger partial charge in [0.15, 0.2) is 0 Å². The Morgan fingerprint density at radius 2 is 1.25 bits per heavy atom. The van der Waals surface area contributed by atoms with Crippen molar-refractivity contribution in [2.75, 3.05) is 52.5 Å². The van der Waals surface area contributed by atoms with E-state index >= 15 is 0 Å². The Hall–Kier alpha value is -0.160. The zero-order valence-corrected chi connectivity index (χ0v) is 11.5. The molecular weight excluding hydrogens is 204 g/mol. The van der Waals surface area contributed by atoms with Crippen molar-refractivity contribution >= 4 is 0 Å². The van der Waals surface area contributed by atoms with Gasteiger partial charge in [-0.1, -0.05) is 0 Å². The molecule has 1 aliphatic heterocycles. The third kappa shape index (κ3) is 7.17. The molecule has 16 heavy (non-hydrogen) atoms. The third-order valence-electron chi connectivity index (χ3n) is 3.53. The number of nitrogens with zero attached hydrogens (tertiary/aromatic N) is 1. The van der Waals surface area contributed by atoms with Crippen molar-refractivity contribution in [3.8, 4) is 0 Å².